The lowest BCUT2D eigenvalue weighted by Gasteiger charge is -2.16. The minimum Gasteiger partial charge on any atom is -0.394 e. The van der Waals surface area contributed by atoms with Crippen molar-refractivity contribution < 1.29 is 23.1 Å². The summed E-state index contributed by atoms with van der Waals surface area (Å²) in [5.74, 6) is -0.620. The first kappa shape index (κ1) is 14.6. The number of amides is 1. The molecule has 7 heteroatoms. The Bertz CT molecular complexity index is 397. The van der Waals surface area contributed by atoms with Crippen LogP contribution in [0.25, 0.3) is 0 Å². The highest BCUT2D eigenvalue weighted by molar-refractivity contribution is 5.92. The number of aromatic nitrogens is 1. The summed E-state index contributed by atoms with van der Waals surface area (Å²) in [5, 5.41) is 11.4. The molecule has 0 aliphatic carbocycles. The highest BCUT2D eigenvalue weighted by Gasteiger charge is 2.29. The van der Waals surface area contributed by atoms with Gasteiger partial charge in [-0.3, -0.25) is 4.79 Å². The number of carbonyl (C=O) groups is 1. The molecular weight excluding hydrogens is 249 g/mol. The summed E-state index contributed by atoms with van der Waals surface area (Å²) < 4.78 is 37.6. The number of hydrogen-bond acceptors (Lipinski definition) is 2. The van der Waals surface area contributed by atoms with E-state index in [0.717, 1.165) is 4.57 Å². The predicted octanol–water partition coefficient (Wildman–Crippen LogP) is 1.55. The maximum Gasteiger partial charge on any atom is 0.406 e. The zero-order valence-corrected chi connectivity index (χ0v) is 9.87. The van der Waals surface area contributed by atoms with Gasteiger partial charge in [0.05, 0.1) is 12.6 Å². The molecule has 0 aliphatic heterocycles. The zero-order chi connectivity index (χ0) is 13.8. The quantitative estimate of drug-likeness (QED) is 0.847. The van der Waals surface area contributed by atoms with Gasteiger partial charge in [0, 0.05) is 6.20 Å². The van der Waals surface area contributed by atoms with E-state index in [1.165, 1.54) is 18.3 Å². The van der Waals surface area contributed by atoms with Crippen LogP contribution >= 0.6 is 0 Å². The summed E-state index contributed by atoms with van der Waals surface area (Å²) in [4.78, 5) is 11.7. The number of carbonyl (C=O) groups excluding carboxylic acids is 1. The first-order valence-electron chi connectivity index (χ1n) is 5.51. The lowest BCUT2D eigenvalue weighted by molar-refractivity contribution is -0.140. The molecule has 4 nitrogen and oxygen atoms in total. The molecular formula is C11H15F3N2O2. The largest absolute Gasteiger partial charge is 0.406 e. The third-order valence-corrected chi connectivity index (χ3v) is 2.46. The van der Waals surface area contributed by atoms with Gasteiger partial charge >= 0.3 is 6.18 Å². The van der Waals surface area contributed by atoms with E-state index in [0.29, 0.717) is 6.42 Å². The van der Waals surface area contributed by atoms with Crippen LogP contribution in [0.4, 0.5) is 13.2 Å². The summed E-state index contributed by atoms with van der Waals surface area (Å²) in [6, 6.07) is 2.23. The highest BCUT2D eigenvalue weighted by Crippen LogP contribution is 2.19. The summed E-state index contributed by atoms with van der Waals surface area (Å²) >= 11 is 0. The smallest absolute Gasteiger partial charge is 0.394 e. The molecule has 1 rings (SSSR count). The van der Waals surface area contributed by atoms with Gasteiger partial charge in [0.1, 0.15) is 12.2 Å². The second-order valence-corrected chi connectivity index (χ2v) is 3.90. The van der Waals surface area contributed by atoms with E-state index in [1.807, 2.05) is 0 Å². The van der Waals surface area contributed by atoms with Crippen LogP contribution in [-0.4, -0.2) is 34.4 Å². The molecule has 102 valence electrons. The maximum atomic E-state index is 12.3. The molecule has 0 radical (unpaired) electrons. The number of rotatable bonds is 5. The molecule has 2 N–H and O–H groups in total. The minimum atomic E-state index is -4.38. The Balaban J connectivity index is 2.77. The van der Waals surface area contributed by atoms with E-state index < -0.39 is 24.7 Å². The Labute approximate surface area is 102 Å². The van der Waals surface area contributed by atoms with Crippen LogP contribution in [0.15, 0.2) is 18.3 Å². The van der Waals surface area contributed by atoms with Crippen LogP contribution in [-0.2, 0) is 6.54 Å². The number of nitrogens with one attached hydrogen (secondary N) is 1. The fourth-order valence-corrected chi connectivity index (χ4v) is 1.49. The van der Waals surface area contributed by atoms with Gasteiger partial charge in [-0.15, -0.1) is 0 Å². The third kappa shape index (κ3) is 4.06. The lowest BCUT2D eigenvalue weighted by atomic mass is 10.2. The van der Waals surface area contributed by atoms with Gasteiger partial charge in [-0.1, -0.05) is 6.92 Å². The van der Waals surface area contributed by atoms with Gasteiger partial charge in [-0.05, 0) is 18.6 Å². The van der Waals surface area contributed by atoms with Gasteiger partial charge in [0.15, 0.2) is 0 Å². The van der Waals surface area contributed by atoms with E-state index in [1.54, 1.807) is 6.92 Å². The topological polar surface area (TPSA) is 54.3 Å². The molecule has 1 aromatic rings. The molecule has 0 aromatic carbocycles. The number of alkyl halides is 3. The maximum absolute atomic E-state index is 12.3. The summed E-state index contributed by atoms with van der Waals surface area (Å²) in [7, 11) is 0. The average molecular weight is 264 g/mol. The van der Waals surface area contributed by atoms with Crippen LogP contribution in [0.3, 0.4) is 0 Å². The molecule has 0 bridgehead atoms. The van der Waals surface area contributed by atoms with Crippen molar-refractivity contribution in [3.05, 3.63) is 24.0 Å². The number of aliphatic hydroxyl groups is 1. The van der Waals surface area contributed by atoms with Crippen molar-refractivity contribution in [3.63, 3.8) is 0 Å². The van der Waals surface area contributed by atoms with Crippen molar-refractivity contribution in [2.75, 3.05) is 6.61 Å². The van der Waals surface area contributed by atoms with E-state index in [2.05, 4.69) is 5.32 Å². The normalized spacial score (nSPS) is 13.4. The Morgan fingerprint density at radius 2 is 2.22 bits per heavy atom. The van der Waals surface area contributed by atoms with Gasteiger partial charge in [-0.25, -0.2) is 0 Å². The molecule has 1 atom stereocenters. The van der Waals surface area contributed by atoms with Crippen molar-refractivity contribution in [2.45, 2.75) is 32.1 Å². The first-order valence-corrected chi connectivity index (χ1v) is 5.51. The van der Waals surface area contributed by atoms with Crippen LogP contribution in [0.5, 0.6) is 0 Å². The second-order valence-electron chi connectivity index (χ2n) is 3.90. The van der Waals surface area contributed by atoms with Crippen LogP contribution in [0.2, 0.25) is 0 Å². The van der Waals surface area contributed by atoms with Crippen molar-refractivity contribution in [1.82, 2.24) is 9.88 Å². The van der Waals surface area contributed by atoms with Crippen LogP contribution in [0.1, 0.15) is 23.8 Å². The zero-order valence-electron chi connectivity index (χ0n) is 9.87. The monoisotopic (exact) mass is 264 g/mol. The molecule has 0 saturated carbocycles. The standard InChI is InChI=1S/C11H15F3N2O2/c1-2-8(6-17)15-10(18)9-4-3-5-16(9)7-11(12,13)14/h3-5,8,17H,2,6-7H2,1H3,(H,15,18). The molecule has 0 saturated heterocycles. The fraction of sp³-hybridized carbons (Fsp3) is 0.545. The molecule has 1 aromatic heterocycles. The lowest BCUT2D eigenvalue weighted by Crippen LogP contribution is -2.38. The average Bonchev–Trinajstić information content (AvgIpc) is 2.71. The van der Waals surface area contributed by atoms with Crippen molar-refractivity contribution in [2.24, 2.45) is 0 Å². The van der Waals surface area contributed by atoms with E-state index in [4.69, 9.17) is 5.11 Å². The number of halogens is 3. The van der Waals surface area contributed by atoms with Crippen molar-refractivity contribution >= 4 is 5.91 Å². The SMILES string of the molecule is CCC(CO)NC(=O)c1cccn1CC(F)(F)F. The highest BCUT2D eigenvalue weighted by atomic mass is 19.4. The molecule has 1 unspecified atom stereocenters. The predicted molar refractivity (Wildman–Crippen MR) is 59.1 cm³/mol. The first-order chi connectivity index (χ1) is 8.37. The van der Waals surface area contributed by atoms with Gasteiger partial charge < -0.3 is 15.0 Å². The van der Waals surface area contributed by atoms with Crippen molar-refractivity contribution in [3.8, 4) is 0 Å². The molecule has 1 amide bonds. The Kier molecular flexibility index (Phi) is 4.77. The van der Waals surface area contributed by atoms with Gasteiger partial charge in [-0.2, -0.15) is 13.2 Å². The number of nitrogens with zero attached hydrogens (tertiary/aromatic N) is 1. The Morgan fingerprint density at radius 3 is 2.72 bits per heavy atom. The summed E-state index contributed by atoms with van der Waals surface area (Å²) in [6.07, 6.45) is -2.68. The van der Waals surface area contributed by atoms with Crippen LogP contribution in [0, 0.1) is 0 Å². The summed E-state index contributed by atoms with van der Waals surface area (Å²) in [5.41, 5.74) is -0.0702. The Morgan fingerprint density at radius 1 is 1.56 bits per heavy atom. The van der Waals surface area contributed by atoms with Gasteiger partial charge in [0.2, 0.25) is 0 Å². The number of aliphatic hydroxyl groups excluding tert-OH is 1. The molecule has 18 heavy (non-hydrogen) atoms. The minimum absolute atomic E-state index is 0.0702. The van der Waals surface area contributed by atoms with Crippen LogP contribution < -0.4 is 5.32 Å². The summed E-state index contributed by atoms with van der Waals surface area (Å²) in [6.45, 7) is 0.302. The molecule has 0 spiro atoms. The fourth-order valence-electron chi connectivity index (χ4n) is 1.49. The Hall–Kier alpha value is -1.50. The van der Waals surface area contributed by atoms with Gasteiger partial charge in [0.25, 0.3) is 5.91 Å². The molecule has 0 aliphatic rings. The third-order valence-electron chi connectivity index (χ3n) is 2.46. The van der Waals surface area contributed by atoms with E-state index in [-0.39, 0.29) is 12.3 Å². The second kappa shape index (κ2) is 5.90. The van der Waals surface area contributed by atoms with E-state index in [9.17, 15) is 18.0 Å². The molecule has 1 heterocycles. The van der Waals surface area contributed by atoms with Crippen molar-refractivity contribution in [1.29, 1.82) is 0 Å². The van der Waals surface area contributed by atoms with E-state index >= 15 is 0 Å². The number of hydrogen-bond donors (Lipinski definition) is 2. The molecule has 0 fully saturated rings.